The molecular weight excluding hydrogens is 443 g/mol. The summed E-state index contributed by atoms with van der Waals surface area (Å²) in [6.07, 6.45) is 1.57. The van der Waals surface area contributed by atoms with Crippen molar-refractivity contribution in [2.24, 2.45) is 0 Å². The van der Waals surface area contributed by atoms with Gasteiger partial charge in [-0.2, -0.15) is 0 Å². The van der Waals surface area contributed by atoms with Gasteiger partial charge >= 0.3 is 0 Å². The summed E-state index contributed by atoms with van der Waals surface area (Å²) in [5.74, 6) is 0.660. The van der Waals surface area contributed by atoms with Gasteiger partial charge < -0.3 is 4.74 Å². The van der Waals surface area contributed by atoms with E-state index in [1.165, 1.54) is 11.3 Å². The zero-order chi connectivity index (χ0) is 20.9. The van der Waals surface area contributed by atoms with E-state index in [1.807, 2.05) is 41.8 Å². The minimum absolute atomic E-state index is 0.249. The van der Waals surface area contributed by atoms with Gasteiger partial charge in [-0.1, -0.05) is 41.4 Å². The number of rotatable bonds is 7. The molecule has 4 rings (SSSR count). The number of carbonyl (C=O) groups excluding carboxylic acids is 1. The number of carbonyl (C=O) groups is 1. The van der Waals surface area contributed by atoms with E-state index in [9.17, 15) is 4.79 Å². The first-order chi connectivity index (χ1) is 14.5. The molecule has 0 spiro atoms. The number of ether oxygens (including phenoxy) is 1. The van der Waals surface area contributed by atoms with E-state index in [4.69, 9.17) is 27.9 Å². The Morgan fingerprint density at radius 3 is 2.70 bits per heavy atom. The third-order valence-electron chi connectivity index (χ3n) is 4.10. The second-order valence-electron chi connectivity index (χ2n) is 6.41. The van der Waals surface area contributed by atoms with Crippen molar-refractivity contribution in [3.63, 3.8) is 0 Å². The normalized spacial score (nSPS) is 10.7. The van der Waals surface area contributed by atoms with Crippen LogP contribution in [0.2, 0.25) is 10.0 Å². The van der Waals surface area contributed by atoms with Crippen molar-refractivity contribution >= 4 is 46.4 Å². The molecule has 0 radical (unpaired) electrons. The molecule has 0 saturated heterocycles. The standard InChI is InChI=1S/C21H16Cl2N4O2S/c22-16-6-4-14(5-7-16)10-27-13-24-21(26-27)25-20(28)19-8-15(12-30-19)11-29-18-3-1-2-17(23)9-18/h1-9,12-13H,10-11H2,(H,25,26,28). The Kier molecular flexibility index (Phi) is 6.32. The quantitative estimate of drug-likeness (QED) is 0.395. The molecular formula is C21H16Cl2N4O2S. The van der Waals surface area contributed by atoms with Gasteiger partial charge in [-0.05, 0) is 47.3 Å². The maximum absolute atomic E-state index is 12.5. The van der Waals surface area contributed by atoms with Crippen LogP contribution in [0.25, 0.3) is 0 Å². The first-order valence-corrected chi connectivity index (χ1v) is 10.6. The van der Waals surface area contributed by atoms with Crippen molar-refractivity contribution in [2.75, 3.05) is 5.32 Å². The van der Waals surface area contributed by atoms with Crippen LogP contribution < -0.4 is 10.1 Å². The van der Waals surface area contributed by atoms with Gasteiger partial charge in [0.2, 0.25) is 5.95 Å². The average Bonchev–Trinajstić information content (AvgIpc) is 3.38. The molecule has 0 aliphatic carbocycles. The fourth-order valence-electron chi connectivity index (χ4n) is 2.66. The summed E-state index contributed by atoms with van der Waals surface area (Å²) >= 11 is 13.2. The van der Waals surface area contributed by atoms with Crippen molar-refractivity contribution in [1.29, 1.82) is 0 Å². The number of aromatic nitrogens is 3. The maximum atomic E-state index is 12.5. The van der Waals surface area contributed by atoms with Crippen molar-refractivity contribution in [3.8, 4) is 5.75 Å². The molecule has 2 heterocycles. The Hall–Kier alpha value is -2.87. The number of halogens is 2. The van der Waals surface area contributed by atoms with Gasteiger partial charge in [-0.3, -0.25) is 10.1 Å². The van der Waals surface area contributed by atoms with E-state index in [0.29, 0.717) is 33.8 Å². The molecule has 2 aromatic carbocycles. The molecule has 0 aliphatic rings. The van der Waals surface area contributed by atoms with Crippen molar-refractivity contribution in [3.05, 3.63) is 92.4 Å². The predicted molar refractivity (Wildman–Crippen MR) is 119 cm³/mol. The number of hydrogen-bond donors (Lipinski definition) is 1. The molecule has 0 atom stereocenters. The van der Waals surface area contributed by atoms with Crippen molar-refractivity contribution < 1.29 is 9.53 Å². The number of amides is 1. The highest BCUT2D eigenvalue weighted by atomic mass is 35.5. The number of nitrogens with one attached hydrogen (secondary N) is 1. The molecule has 6 nitrogen and oxygen atoms in total. The number of benzene rings is 2. The van der Waals surface area contributed by atoms with E-state index in [-0.39, 0.29) is 11.9 Å². The van der Waals surface area contributed by atoms with Crippen LogP contribution in [0.5, 0.6) is 5.75 Å². The van der Waals surface area contributed by atoms with Gasteiger partial charge in [-0.15, -0.1) is 16.4 Å². The second-order valence-corrected chi connectivity index (χ2v) is 8.20. The molecule has 1 amide bonds. The van der Waals surface area contributed by atoms with Crippen LogP contribution in [0, 0.1) is 0 Å². The zero-order valence-electron chi connectivity index (χ0n) is 15.6. The summed E-state index contributed by atoms with van der Waals surface area (Å²) in [4.78, 5) is 17.2. The fourth-order valence-corrected chi connectivity index (χ4v) is 3.76. The highest BCUT2D eigenvalue weighted by Gasteiger charge is 2.12. The van der Waals surface area contributed by atoms with Gasteiger partial charge in [0.25, 0.3) is 5.91 Å². The van der Waals surface area contributed by atoms with E-state index < -0.39 is 0 Å². The lowest BCUT2D eigenvalue weighted by Gasteiger charge is -2.04. The maximum Gasteiger partial charge on any atom is 0.268 e. The Balaban J connectivity index is 1.33. The Morgan fingerprint density at radius 2 is 1.90 bits per heavy atom. The highest BCUT2D eigenvalue weighted by molar-refractivity contribution is 7.12. The lowest BCUT2D eigenvalue weighted by Crippen LogP contribution is -2.12. The van der Waals surface area contributed by atoms with E-state index in [1.54, 1.807) is 29.2 Å². The van der Waals surface area contributed by atoms with Crippen LogP contribution in [0.4, 0.5) is 5.95 Å². The van der Waals surface area contributed by atoms with Crippen LogP contribution in [0.3, 0.4) is 0 Å². The molecule has 0 aliphatic heterocycles. The van der Waals surface area contributed by atoms with Crippen molar-refractivity contribution in [2.45, 2.75) is 13.2 Å². The molecule has 0 unspecified atom stereocenters. The monoisotopic (exact) mass is 458 g/mol. The van der Waals surface area contributed by atoms with E-state index in [0.717, 1.165) is 11.1 Å². The summed E-state index contributed by atoms with van der Waals surface area (Å²) in [6, 6.07) is 16.4. The van der Waals surface area contributed by atoms with Gasteiger partial charge in [-0.25, -0.2) is 9.67 Å². The highest BCUT2D eigenvalue weighted by Crippen LogP contribution is 2.21. The Bertz CT molecular complexity index is 1160. The van der Waals surface area contributed by atoms with Gasteiger partial charge in [0, 0.05) is 15.6 Å². The molecule has 30 heavy (non-hydrogen) atoms. The molecule has 1 N–H and O–H groups in total. The SMILES string of the molecule is O=C(Nc1ncn(Cc2ccc(Cl)cc2)n1)c1cc(COc2cccc(Cl)c2)cs1. The van der Waals surface area contributed by atoms with Gasteiger partial charge in [0.1, 0.15) is 18.7 Å². The van der Waals surface area contributed by atoms with Gasteiger partial charge in [0.05, 0.1) is 11.4 Å². The number of anilines is 1. The lowest BCUT2D eigenvalue weighted by atomic mass is 10.2. The third kappa shape index (κ3) is 5.38. The van der Waals surface area contributed by atoms with Crippen LogP contribution in [0.1, 0.15) is 20.8 Å². The van der Waals surface area contributed by atoms with E-state index >= 15 is 0 Å². The van der Waals surface area contributed by atoms with Crippen LogP contribution in [-0.2, 0) is 13.2 Å². The van der Waals surface area contributed by atoms with Gasteiger partial charge in [0.15, 0.2) is 0 Å². The molecule has 152 valence electrons. The fraction of sp³-hybridized carbons (Fsp3) is 0.0952. The largest absolute Gasteiger partial charge is 0.489 e. The summed E-state index contributed by atoms with van der Waals surface area (Å²) in [5.41, 5.74) is 1.93. The summed E-state index contributed by atoms with van der Waals surface area (Å²) in [7, 11) is 0. The van der Waals surface area contributed by atoms with Crippen LogP contribution in [-0.4, -0.2) is 20.7 Å². The lowest BCUT2D eigenvalue weighted by molar-refractivity contribution is 0.102. The molecule has 9 heteroatoms. The Labute approximate surface area is 187 Å². The minimum atomic E-state index is -0.266. The topological polar surface area (TPSA) is 69.0 Å². The predicted octanol–water partition coefficient (Wildman–Crippen LogP) is 5.53. The molecule has 0 bridgehead atoms. The van der Waals surface area contributed by atoms with Crippen molar-refractivity contribution in [1.82, 2.24) is 14.8 Å². The number of hydrogen-bond acceptors (Lipinski definition) is 5. The number of thiophene rings is 1. The number of nitrogens with zero attached hydrogens (tertiary/aromatic N) is 3. The third-order valence-corrected chi connectivity index (χ3v) is 5.56. The molecule has 2 aromatic heterocycles. The van der Waals surface area contributed by atoms with Crippen LogP contribution >= 0.6 is 34.5 Å². The zero-order valence-corrected chi connectivity index (χ0v) is 17.9. The molecule has 0 fully saturated rings. The summed E-state index contributed by atoms with van der Waals surface area (Å²) in [5, 5.41) is 10.2. The van der Waals surface area contributed by atoms with E-state index in [2.05, 4.69) is 15.4 Å². The molecule has 0 saturated carbocycles. The first kappa shape index (κ1) is 20.4. The smallest absolute Gasteiger partial charge is 0.268 e. The Morgan fingerprint density at radius 1 is 1.07 bits per heavy atom. The molecule has 4 aromatic rings. The summed E-state index contributed by atoms with van der Waals surface area (Å²) in [6.45, 7) is 0.877. The first-order valence-electron chi connectivity index (χ1n) is 8.96. The minimum Gasteiger partial charge on any atom is -0.489 e. The van der Waals surface area contributed by atoms with Crippen LogP contribution in [0.15, 0.2) is 66.3 Å². The second kappa shape index (κ2) is 9.30. The summed E-state index contributed by atoms with van der Waals surface area (Å²) < 4.78 is 7.36. The average molecular weight is 459 g/mol.